The van der Waals surface area contributed by atoms with E-state index in [2.05, 4.69) is 36.6 Å². The summed E-state index contributed by atoms with van der Waals surface area (Å²) >= 11 is 3.44. The molecule has 7 nitrogen and oxygen atoms in total. The quantitative estimate of drug-likeness (QED) is 0.533. The van der Waals surface area contributed by atoms with Crippen LogP contribution in [0.5, 0.6) is 0 Å². The number of nitrogens with one attached hydrogen (secondary N) is 2. The van der Waals surface area contributed by atoms with E-state index in [0.29, 0.717) is 30.7 Å². The minimum atomic E-state index is -0.191. The van der Waals surface area contributed by atoms with Crippen LogP contribution in [0.4, 0.5) is 5.69 Å². The van der Waals surface area contributed by atoms with E-state index in [9.17, 15) is 9.59 Å². The highest BCUT2D eigenvalue weighted by Crippen LogP contribution is 2.30. The topological polar surface area (TPSA) is 88.9 Å². The molecule has 0 radical (unpaired) electrons. The molecule has 31 heavy (non-hydrogen) atoms. The van der Waals surface area contributed by atoms with E-state index in [1.807, 2.05) is 42.8 Å². The van der Waals surface area contributed by atoms with Crippen molar-refractivity contribution in [2.45, 2.75) is 58.2 Å². The van der Waals surface area contributed by atoms with Crippen LogP contribution >= 0.6 is 15.9 Å². The number of aryl methyl sites for hydroxylation is 1. The molecule has 2 heterocycles. The molecule has 1 fully saturated rings. The predicted molar refractivity (Wildman–Crippen MR) is 124 cm³/mol. The smallest absolute Gasteiger partial charge is 0.255 e. The van der Waals surface area contributed by atoms with Gasteiger partial charge in [-0.05, 0) is 44.4 Å². The van der Waals surface area contributed by atoms with E-state index in [1.165, 1.54) is 0 Å². The fourth-order valence-corrected chi connectivity index (χ4v) is 4.25. The SMILES string of the molecule is CCn1ncc2c(NC3CCC(=O)CC3)c(C(=O)N[C@H](C)c3ccc(Br)cc3)cnc21. The number of anilines is 1. The number of Topliss-reactive ketones (excluding diaryl/α,β-unsaturated/α-hetero) is 1. The number of nitrogens with zero attached hydrogens (tertiary/aromatic N) is 3. The highest BCUT2D eigenvalue weighted by molar-refractivity contribution is 9.10. The van der Waals surface area contributed by atoms with Gasteiger partial charge in [0, 0.05) is 36.1 Å². The van der Waals surface area contributed by atoms with Crippen molar-refractivity contribution < 1.29 is 9.59 Å². The molecule has 0 bridgehead atoms. The number of hydrogen-bond donors (Lipinski definition) is 2. The summed E-state index contributed by atoms with van der Waals surface area (Å²) in [7, 11) is 0. The van der Waals surface area contributed by atoms with E-state index in [0.717, 1.165) is 39.6 Å². The maximum absolute atomic E-state index is 13.2. The maximum atomic E-state index is 13.2. The van der Waals surface area contributed by atoms with Gasteiger partial charge >= 0.3 is 0 Å². The highest BCUT2D eigenvalue weighted by atomic mass is 79.9. The first-order valence-electron chi connectivity index (χ1n) is 10.6. The summed E-state index contributed by atoms with van der Waals surface area (Å²) in [6.45, 7) is 4.66. The summed E-state index contributed by atoms with van der Waals surface area (Å²) in [5.41, 5.74) is 2.99. The van der Waals surface area contributed by atoms with Gasteiger partial charge in [0.25, 0.3) is 5.91 Å². The number of carbonyl (C=O) groups is 2. The number of rotatable bonds is 6. The van der Waals surface area contributed by atoms with E-state index >= 15 is 0 Å². The number of hydrogen-bond acceptors (Lipinski definition) is 5. The maximum Gasteiger partial charge on any atom is 0.255 e. The molecule has 162 valence electrons. The zero-order valence-electron chi connectivity index (χ0n) is 17.7. The number of pyridine rings is 1. The first-order chi connectivity index (χ1) is 15.0. The molecule has 1 amide bonds. The van der Waals surface area contributed by atoms with Gasteiger partial charge in [-0.15, -0.1) is 0 Å². The van der Waals surface area contributed by atoms with Crippen molar-refractivity contribution in [3.8, 4) is 0 Å². The third kappa shape index (κ3) is 4.63. The molecule has 0 aliphatic heterocycles. The van der Waals surface area contributed by atoms with Crippen LogP contribution in [0.2, 0.25) is 0 Å². The second-order valence-corrected chi connectivity index (χ2v) is 8.86. The monoisotopic (exact) mass is 483 g/mol. The fourth-order valence-electron chi connectivity index (χ4n) is 3.98. The summed E-state index contributed by atoms with van der Waals surface area (Å²) in [6, 6.07) is 7.88. The van der Waals surface area contributed by atoms with Crippen molar-refractivity contribution >= 4 is 44.3 Å². The summed E-state index contributed by atoms with van der Waals surface area (Å²) in [5, 5.41) is 11.9. The molecule has 4 rings (SSSR count). The fraction of sp³-hybridized carbons (Fsp3) is 0.391. The Morgan fingerprint density at radius 1 is 1.23 bits per heavy atom. The molecule has 3 aromatic rings. The molecular weight excluding hydrogens is 458 g/mol. The minimum Gasteiger partial charge on any atom is -0.381 e. The number of amides is 1. The van der Waals surface area contributed by atoms with Crippen molar-refractivity contribution in [3.63, 3.8) is 0 Å². The summed E-state index contributed by atoms with van der Waals surface area (Å²) in [5.74, 6) is 0.112. The third-order valence-electron chi connectivity index (χ3n) is 5.82. The molecule has 8 heteroatoms. The standard InChI is InChI=1S/C23H26BrN5O2/c1-3-29-22-19(13-26-29)21(28-17-8-10-18(30)11-9-17)20(12-25-22)23(31)27-14(2)15-4-6-16(24)7-5-15/h4-7,12-14,17H,3,8-11H2,1-2H3,(H,25,28)(H,27,31)/t14-/m1/s1. The Bertz CT molecular complexity index is 1100. The van der Waals surface area contributed by atoms with Crippen LogP contribution in [0, 0.1) is 0 Å². The lowest BCUT2D eigenvalue weighted by molar-refractivity contribution is -0.120. The Morgan fingerprint density at radius 3 is 2.61 bits per heavy atom. The molecule has 1 atom stereocenters. The summed E-state index contributed by atoms with van der Waals surface area (Å²) in [6.07, 6.45) is 6.06. The summed E-state index contributed by atoms with van der Waals surface area (Å²) < 4.78 is 2.81. The van der Waals surface area contributed by atoms with E-state index in [-0.39, 0.29) is 18.0 Å². The molecule has 0 unspecified atom stereocenters. The Balaban J connectivity index is 1.64. The predicted octanol–water partition coefficient (Wildman–Crippen LogP) is 4.63. The lowest BCUT2D eigenvalue weighted by Crippen LogP contribution is -2.30. The van der Waals surface area contributed by atoms with Gasteiger partial charge in [0.1, 0.15) is 5.78 Å². The number of carbonyl (C=O) groups excluding carboxylic acids is 2. The number of fused-ring (bicyclic) bond motifs is 1. The molecule has 2 N–H and O–H groups in total. The lowest BCUT2D eigenvalue weighted by atomic mass is 9.94. The van der Waals surface area contributed by atoms with E-state index in [4.69, 9.17) is 0 Å². The largest absolute Gasteiger partial charge is 0.381 e. The van der Waals surface area contributed by atoms with Crippen LogP contribution in [0.25, 0.3) is 11.0 Å². The van der Waals surface area contributed by atoms with Gasteiger partial charge in [0.05, 0.1) is 28.9 Å². The van der Waals surface area contributed by atoms with Gasteiger partial charge < -0.3 is 10.6 Å². The minimum absolute atomic E-state index is 0.142. The van der Waals surface area contributed by atoms with Gasteiger partial charge in [-0.3, -0.25) is 9.59 Å². The first-order valence-corrected chi connectivity index (χ1v) is 11.4. The number of benzene rings is 1. The Kier molecular flexibility index (Phi) is 6.36. The van der Waals surface area contributed by atoms with E-state index in [1.54, 1.807) is 12.4 Å². The molecule has 1 aromatic carbocycles. The number of ketones is 1. The van der Waals surface area contributed by atoms with E-state index < -0.39 is 0 Å². The Labute approximate surface area is 189 Å². The van der Waals surface area contributed by atoms with Crippen molar-refractivity contribution in [3.05, 3.63) is 52.3 Å². The molecule has 0 saturated heterocycles. The number of aromatic nitrogens is 3. The zero-order valence-corrected chi connectivity index (χ0v) is 19.3. The zero-order chi connectivity index (χ0) is 22.0. The molecule has 1 aliphatic carbocycles. The van der Waals surface area contributed by atoms with Gasteiger partial charge in [-0.1, -0.05) is 28.1 Å². The van der Waals surface area contributed by atoms with Crippen LogP contribution in [-0.4, -0.2) is 32.5 Å². The summed E-state index contributed by atoms with van der Waals surface area (Å²) in [4.78, 5) is 29.4. The molecule has 2 aromatic heterocycles. The van der Waals surface area contributed by atoms with Gasteiger partial charge in [0.2, 0.25) is 0 Å². The average Bonchev–Trinajstić information content (AvgIpc) is 3.19. The van der Waals surface area contributed by atoms with Crippen LogP contribution < -0.4 is 10.6 Å². The molecule has 1 saturated carbocycles. The van der Waals surface area contributed by atoms with Crippen LogP contribution in [-0.2, 0) is 11.3 Å². The van der Waals surface area contributed by atoms with Crippen LogP contribution in [0.1, 0.15) is 61.5 Å². The molecule has 1 aliphatic rings. The first kappa shape index (κ1) is 21.5. The van der Waals surface area contributed by atoms with Crippen molar-refractivity contribution in [1.82, 2.24) is 20.1 Å². The van der Waals surface area contributed by atoms with Gasteiger partial charge in [0.15, 0.2) is 5.65 Å². The van der Waals surface area contributed by atoms with Gasteiger partial charge in [-0.2, -0.15) is 5.10 Å². The average molecular weight is 484 g/mol. The molecular formula is C23H26BrN5O2. The third-order valence-corrected chi connectivity index (χ3v) is 6.35. The van der Waals surface area contributed by atoms with Crippen LogP contribution in [0.3, 0.4) is 0 Å². The normalized spacial score (nSPS) is 15.8. The Hall–Kier alpha value is -2.74. The van der Waals surface area contributed by atoms with Gasteiger partial charge in [-0.25, -0.2) is 9.67 Å². The second kappa shape index (κ2) is 9.18. The second-order valence-electron chi connectivity index (χ2n) is 7.95. The lowest BCUT2D eigenvalue weighted by Gasteiger charge is -2.25. The van der Waals surface area contributed by atoms with Crippen molar-refractivity contribution in [2.75, 3.05) is 5.32 Å². The molecule has 0 spiro atoms. The van der Waals surface area contributed by atoms with Crippen molar-refractivity contribution in [1.29, 1.82) is 0 Å². The highest BCUT2D eigenvalue weighted by Gasteiger charge is 2.24. The van der Waals surface area contributed by atoms with Crippen LogP contribution in [0.15, 0.2) is 41.1 Å². The van der Waals surface area contributed by atoms with Crippen molar-refractivity contribution in [2.24, 2.45) is 0 Å². The Morgan fingerprint density at radius 2 is 1.94 bits per heavy atom. The number of halogens is 1.